The monoisotopic (exact) mass is 347 g/mol. The van der Waals surface area contributed by atoms with E-state index in [9.17, 15) is 14.4 Å². The fraction of sp³-hybridized carbons (Fsp3) is 0.647. The summed E-state index contributed by atoms with van der Waals surface area (Å²) in [6.45, 7) is 6.59. The van der Waals surface area contributed by atoms with Gasteiger partial charge in [0.05, 0.1) is 18.2 Å². The van der Waals surface area contributed by atoms with Crippen LogP contribution in [-0.4, -0.2) is 82.6 Å². The van der Waals surface area contributed by atoms with E-state index >= 15 is 0 Å². The second-order valence-corrected chi connectivity index (χ2v) is 6.88. The van der Waals surface area contributed by atoms with Gasteiger partial charge in [0.1, 0.15) is 0 Å². The Kier molecular flexibility index (Phi) is 5.17. The Bertz CT molecular complexity index is 708. The molecule has 0 aliphatic carbocycles. The van der Waals surface area contributed by atoms with Crippen molar-refractivity contribution in [3.05, 3.63) is 28.2 Å². The van der Waals surface area contributed by atoms with E-state index in [0.717, 1.165) is 25.3 Å². The summed E-state index contributed by atoms with van der Waals surface area (Å²) >= 11 is 0. The number of aromatic nitrogens is 2. The van der Waals surface area contributed by atoms with E-state index in [1.165, 1.54) is 4.68 Å². The smallest absolute Gasteiger partial charge is 0.266 e. The fourth-order valence-corrected chi connectivity index (χ4v) is 3.43. The number of aryl methyl sites for hydroxylation is 1. The van der Waals surface area contributed by atoms with Crippen LogP contribution in [0.3, 0.4) is 0 Å². The van der Waals surface area contributed by atoms with Gasteiger partial charge in [-0.3, -0.25) is 19.3 Å². The molecule has 0 saturated carbocycles. The predicted octanol–water partition coefficient (Wildman–Crippen LogP) is -0.826. The average Bonchev–Trinajstić information content (AvgIpc) is 2.94. The Hall–Kier alpha value is -2.22. The predicted molar refractivity (Wildman–Crippen MR) is 92.0 cm³/mol. The van der Waals surface area contributed by atoms with Crippen molar-refractivity contribution in [3.63, 3.8) is 0 Å². The van der Waals surface area contributed by atoms with Crippen molar-refractivity contribution in [3.8, 4) is 0 Å². The molecule has 0 radical (unpaired) electrons. The Morgan fingerprint density at radius 1 is 1.16 bits per heavy atom. The number of hydrogen-bond donors (Lipinski definition) is 0. The minimum atomic E-state index is -0.195. The van der Waals surface area contributed by atoms with Crippen LogP contribution in [0.4, 0.5) is 0 Å². The summed E-state index contributed by atoms with van der Waals surface area (Å²) in [6, 6.07) is 3.26. The third kappa shape index (κ3) is 4.07. The summed E-state index contributed by atoms with van der Waals surface area (Å²) in [5.41, 5.74) is 0.737. The van der Waals surface area contributed by atoms with E-state index in [1.54, 1.807) is 24.1 Å². The number of hydrogen-bond acceptors (Lipinski definition) is 5. The van der Waals surface area contributed by atoms with Crippen LogP contribution in [0.2, 0.25) is 0 Å². The lowest BCUT2D eigenvalue weighted by Crippen LogP contribution is -2.51. The highest BCUT2D eigenvalue weighted by Crippen LogP contribution is 2.19. The quantitative estimate of drug-likeness (QED) is 0.711. The molecule has 3 heterocycles. The summed E-state index contributed by atoms with van der Waals surface area (Å²) in [7, 11) is 1.74. The van der Waals surface area contributed by atoms with E-state index < -0.39 is 0 Å². The van der Waals surface area contributed by atoms with Gasteiger partial charge in [-0.25, -0.2) is 4.68 Å². The van der Waals surface area contributed by atoms with Crippen molar-refractivity contribution in [1.82, 2.24) is 24.5 Å². The van der Waals surface area contributed by atoms with Crippen LogP contribution in [0.25, 0.3) is 0 Å². The molecule has 1 aromatic heterocycles. The van der Waals surface area contributed by atoms with Crippen molar-refractivity contribution in [2.45, 2.75) is 19.9 Å². The topological polar surface area (TPSA) is 78.8 Å². The summed E-state index contributed by atoms with van der Waals surface area (Å²) in [5.74, 6) is -0.0545. The van der Waals surface area contributed by atoms with Crippen molar-refractivity contribution >= 4 is 11.8 Å². The molecule has 1 atom stereocenters. The van der Waals surface area contributed by atoms with Crippen molar-refractivity contribution in [2.24, 2.45) is 5.92 Å². The Morgan fingerprint density at radius 2 is 1.88 bits per heavy atom. The maximum absolute atomic E-state index is 12.5. The van der Waals surface area contributed by atoms with Gasteiger partial charge in [0.25, 0.3) is 5.56 Å². The number of nitrogens with zero attached hydrogens (tertiary/aromatic N) is 5. The molecule has 2 saturated heterocycles. The first-order valence-corrected chi connectivity index (χ1v) is 8.74. The molecule has 0 aromatic carbocycles. The van der Waals surface area contributed by atoms with Crippen LogP contribution in [0.1, 0.15) is 12.1 Å². The van der Waals surface area contributed by atoms with Gasteiger partial charge in [-0.2, -0.15) is 5.10 Å². The second kappa shape index (κ2) is 7.35. The number of carbonyl (C=O) groups is 2. The zero-order chi connectivity index (χ0) is 18.0. The molecule has 8 nitrogen and oxygen atoms in total. The molecule has 0 spiro atoms. The molecule has 1 aromatic rings. The molecule has 8 heteroatoms. The molecule has 2 aliphatic rings. The molecule has 0 bridgehead atoms. The Balaban J connectivity index is 1.47. The van der Waals surface area contributed by atoms with Gasteiger partial charge in [0.2, 0.25) is 11.8 Å². The van der Waals surface area contributed by atoms with Crippen LogP contribution in [0.5, 0.6) is 0 Å². The lowest BCUT2D eigenvalue weighted by molar-refractivity contribution is -0.137. The zero-order valence-electron chi connectivity index (χ0n) is 14.8. The van der Waals surface area contributed by atoms with E-state index in [2.05, 4.69) is 10.00 Å². The highest BCUT2D eigenvalue weighted by atomic mass is 16.2. The molecular weight excluding hydrogens is 322 g/mol. The number of carbonyl (C=O) groups excluding carboxylic acids is 2. The Labute approximate surface area is 147 Å². The molecule has 3 rings (SSSR count). The summed E-state index contributed by atoms with van der Waals surface area (Å²) in [5, 5.41) is 4.24. The van der Waals surface area contributed by atoms with Crippen molar-refractivity contribution < 1.29 is 9.59 Å². The van der Waals surface area contributed by atoms with Gasteiger partial charge in [-0.05, 0) is 13.0 Å². The first-order chi connectivity index (χ1) is 11.9. The summed E-state index contributed by atoms with van der Waals surface area (Å²) < 4.78 is 1.49. The van der Waals surface area contributed by atoms with Gasteiger partial charge in [-0.1, -0.05) is 0 Å². The third-order valence-electron chi connectivity index (χ3n) is 5.00. The molecule has 1 unspecified atom stereocenters. The molecule has 2 fully saturated rings. The second-order valence-electron chi connectivity index (χ2n) is 6.88. The maximum atomic E-state index is 12.5. The molecule has 0 N–H and O–H groups in total. The van der Waals surface area contributed by atoms with Crippen LogP contribution in [0, 0.1) is 12.8 Å². The molecule has 2 amide bonds. The van der Waals surface area contributed by atoms with Crippen LogP contribution in [-0.2, 0) is 16.1 Å². The van der Waals surface area contributed by atoms with Gasteiger partial charge in [-0.15, -0.1) is 0 Å². The van der Waals surface area contributed by atoms with Crippen molar-refractivity contribution in [2.75, 3.05) is 46.3 Å². The van der Waals surface area contributed by atoms with Crippen molar-refractivity contribution in [1.29, 1.82) is 0 Å². The average molecular weight is 347 g/mol. The molecular formula is C17H25N5O3. The number of rotatable bonds is 4. The largest absolute Gasteiger partial charge is 0.345 e. The van der Waals surface area contributed by atoms with Gasteiger partial charge in [0.15, 0.2) is 0 Å². The number of amides is 2. The summed E-state index contributed by atoms with van der Waals surface area (Å²) in [4.78, 5) is 41.7. The lowest BCUT2D eigenvalue weighted by Gasteiger charge is -2.35. The maximum Gasteiger partial charge on any atom is 0.266 e. The normalized spacial score (nSPS) is 21.8. The first-order valence-electron chi connectivity index (χ1n) is 8.74. The molecule has 25 heavy (non-hydrogen) atoms. The standard InChI is InChI=1S/C17H25N5O3/c1-13-3-4-15(23)22(18-13)10-7-20-5-8-21(9-6-20)17(25)14-11-16(24)19(2)12-14/h3-4,14H,5-12H2,1-2H3. The summed E-state index contributed by atoms with van der Waals surface area (Å²) in [6.07, 6.45) is 0.331. The highest BCUT2D eigenvalue weighted by Gasteiger charge is 2.35. The van der Waals surface area contributed by atoms with Crippen LogP contribution >= 0.6 is 0 Å². The third-order valence-corrected chi connectivity index (χ3v) is 5.00. The number of likely N-dealkylation sites (tertiary alicyclic amines) is 1. The minimum absolute atomic E-state index is 0.0492. The van der Waals surface area contributed by atoms with Gasteiger partial charge >= 0.3 is 0 Å². The van der Waals surface area contributed by atoms with Crippen LogP contribution < -0.4 is 5.56 Å². The van der Waals surface area contributed by atoms with E-state index in [4.69, 9.17) is 0 Å². The first kappa shape index (κ1) is 17.6. The Morgan fingerprint density at radius 3 is 2.52 bits per heavy atom. The molecule has 2 aliphatic heterocycles. The van der Waals surface area contributed by atoms with E-state index in [1.807, 2.05) is 11.8 Å². The van der Waals surface area contributed by atoms with E-state index in [-0.39, 0.29) is 23.3 Å². The lowest BCUT2D eigenvalue weighted by atomic mass is 10.1. The SMILES string of the molecule is Cc1ccc(=O)n(CCN2CCN(C(=O)C3CC(=O)N(C)C3)CC2)n1. The van der Waals surface area contributed by atoms with Crippen LogP contribution in [0.15, 0.2) is 16.9 Å². The molecule has 136 valence electrons. The van der Waals surface area contributed by atoms with Gasteiger partial charge in [0, 0.05) is 58.8 Å². The zero-order valence-corrected chi connectivity index (χ0v) is 14.8. The number of piperazine rings is 1. The highest BCUT2D eigenvalue weighted by molar-refractivity contribution is 5.89. The minimum Gasteiger partial charge on any atom is -0.345 e. The fourth-order valence-electron chi connectivity index (χ4n) is 3.43. The van der Waals surface area contributed by atoms with Gasteiger partial charge < -0.3 is 9.80 Å². The van der Waals surface area contributed by atoms with E-state index in [0.29, 0.717) is 32.6 Å².